The number of hydrogen-bond acceptors (Lipinski definition) is 5. The molecule has 5 heteroatoms. The normalized spacial score (nSPS) is 11.8. The lowest BCUT2D eigenvalue weighted by Crippen LogP contribution is -2.00. The van der Waals surface area contributed by atoms with E-state index in [0.29, 0.717) is 17.5 Å². The van der Waals surface area contributed by atoms with Crippen LogP contribution in [0.4, 0.5) is 0 Å². The summed E-state index contributed by atoms with van der Waals surface area (Å²) < 4.78 is 12.9. The molecule has 0 saturated heterocycles. The van der Waals surface area contributed by atoms with Gasteiger partial charge in [-0.2, -0.15) is 0 Å². The molecule has 3 aromatic heterocycles. The minimum absolute atomic E-state index is 0.527. The monoisotopic (exact) mass is 665 g/mol. The number of benzene rings is 8. The van der Waals surface area contributed by atoms with Crippen molar-refractivity contribution in [2.24, 2.45) is 0 Å². The summed E-state index contributed by atoms with van der Waals surface area (Å²) >= 11 is 0. The maximum atomic E-state index is 6.47. The van der Waals surface area contributed by atoms with Gasteiger partial charge in [-0.25, -0.2) is 15.0 Å². The van der Waals surface area contributed by atoms with E-state index in [0.717, 1.165) is 71.7 Å². The van der Waals surface area contributed by atoms with Crippen molar-refractivity contribution in [3.63, 3.8) is 0 Å². The van der Waals surface area contributed by atoms with E-state index in [2.05, 4.69) is 103 Å². The van der Waals surface area contributed by atoms with Gasteiger partial charge >= 0.3 is 0 Å². The van der Waals surface area contributed by atoms with E-state index in [9.17, 15) is 0 Å². The SMILES string of the molecule is c1cc(-c2nc(-c3cccc4c3oc3ccccc34)nc(-c3cccc4c3oc3ccccc34)n2)cc(-c2cccc3ccc4ccccc4c23)c1. The molecule has 242 valence electrons. The van der Waals surface area contributed by atoms with Crippen molar-refractivity contribution in [2.75, 3.05) is 0 Å². The molecule has 0 atom stereocenters. The van der Waals surface area contributed by atoms with Crippen molar-refractivity contribution in [2.45, 2.75) is 0 Å². The molecule has 0 aliphatic carbocycles. The molecule has 0 amide bonds. The minimum Gasteiger partial charge on any atom is -0.455 e. The predicted molar refractivity (Wildman–Crippen MR) is 211 cm³/mol. The molecule has 0 aliphatic heterocycles. The van der Waals surface area contributed by atoms with Gasteiger partial charge in [0.15, 0.2) is 17.5 Å². The van der Waals surface area contributed by atoms with Gasteiger partial charge in [0, 0.05) is 27.1 Å². The molecular weight excluding hydrogens is 639 g/mol. The quantitative estimate of drug-likeness (QED) is 0.175. The Kier molecular flexibility index (Phi) is 6.18. The Morgan fingerprint density at radius 1 is 0.327 bits per heavy atom. The highest BCUT2D eigenvalue weighted by molar-refractivity contribution is 6.14. The van der Waals surface area contributed by atoms with Gasteiger partial charge in [-0.3, -0.25) is 0 Å². The van der Waals surface area contributed by atoms with Crippen molar-refractivity contribution in [1.29, 1.82) is 0 Å². The fourth-order valence-corrected chi connectivity index (χ4v) is 7.72. The number of hydrogen-bond donors (Lipinski definition) is 0. The van der Waals surface area contributed by atoms with Crippen molar-refractivity contribution in [3.8, 4) is 45.3 Å². The highest BCUT2D eigenvalue weighted by Gasteiger charge is 2.20. The van der Waals surface area contributed by atoms with Crippen molar-refractivity contribution >= 4 is 65.4 Å². The summed E-state index contributed by atoms with van der Waals surface area (Å²) in [5.41, 5.74) is 7.85. The summed E-state index contributed by atoms with van der Waals surface area (Å²) in [7, 11) is 0. The van der Waals surface area contributed by atoms with Crippen LogP contribution in [0.5, 0.6) is 0 Å². The van der Waals surface area contributed by atoms with Gasteiger partial charge in [0.2, 0.25) is 0 Å². The topological polar surface area (TPSA) is 65.0 Å². The van der Waals surface area contributed by atoms with Gasteiger partial charge in [0.25, 0.3) is 0 Å². The van der Waals surface area contributed by atoms with Crippen molar-refractivity contribution < 1.29 is 8.83 Å². The summed E-state index contributed by atoms with van der Waals surface area (Å²) in [6, 6.07) is 56.4. The van der Waals surface area contributed by atoms with E-state index < -0.39 is 0 Å². The highest BCUT2D eigenvalue weighted by atomic mass is 16.3. The number of para-hydroxylation sites is 4. The Labute approximate surface area is 297 Å². The highest BCUT2D eigenvalue weighted by Crippen LogP contribution is 2.40. The van der Waals surface area contributed by atoms with Gasteiger partial charge < -0.3 is 8.83 Å². The lowest BCUT2D eigenvalue weighted by Gasteiger charge is -2.12. The second-order valence-corrected chi connectivity index (χ2v) is 13.1. The summed E-state index contributed by atoms with van der Waals surface area (Å²) in [4.78, 5) is 15.5. The van der Waals surface area contributed by atoms with Gasteiger partial charge in [-0.05, 0) is 63.0 Å². The Hall–Kier alpha value is -7.11. The maximum Gasteiger partial charge on any atom is 0.167 e. The van der Waals surface area contributed by atoms with Gasteiger partial charge in [0.05, 0.1) is 11.1 Å². The first kappa shape index (κ1) is 28.7. The number of rotatable bonds is 4. The van der Waals surface area contributed by atoms with Crippen LogP contribution in [0, 0.1) is 0 Å². The van der Waals surface area contributed by atoms with Crippen LogP contribution in [-0.2, 0) is 0 Å². The van der Waals surface area contributed by atoms with Crippen LogP contribution >= 0.6 is 0 Å². The Bertz CT molecular complexity index is 3080. The summed E-state index contributed by atoms with van der Waals surface area (Å²) in [5, 5.41) is 9.00. The fourth-order valence-electron chi connectivity index (χ4n) is 7.72. The third-order valence-electron chi connectivity index (χ3n) is 10.1. The van der Waals surface area contributed by atoms with Gasteiger partial charge in [-0.15, -0.1) is 0 Å². The summed E-state index contributed by atoms with van der Waals surface area (Å²) in [6.07, 6.45) is 0. The van der Waals surface area contributed by atoms with Crippen LogP contribution in [0.3, 0.4) is 0 Å². The Balaban J connectivity index is 1.16. The standard InChI is InChI=1S/C47H27N3O2/c1-2-15-32-28(11-1)25-26-29-12-8-18-33(42(29)32)30-13-7-14-31(27-30)45-48-46(38-21-9-19-36-34-16-3-5-23-40(34)51-43(36)38)50-47(49-45)39-22-10-20-37-35-17-4-6-24-41(35)52-44(37)39/h1-27H. The number of nitrogens with zero attached hydrogens (tertiary/aromatic N) is 3. The van der Waals surface area contributed by atoms with E-state index in [-0.39, 0.29) is 0 Å². The molecule has 0 N–H and O–H groups in total. The molecule has 3 heterocycles. The predicted octanol–water partition coefficient (Wildman–Crippen LogP) is 12.6. The second-order valence-electron chi connectivity index (χ2n) is 13.1. The molecule has 0 spiro atoms. The molecule has 0 fully saturated rings. The second kappa shape index (κ2) is 11.2. The fraction of sp³-hybridized carbons (Fsp3) is 0. The number of furan rings is 2. The molecule has 0 bridgehead atoms. The smallest absolute Gasteiger partial charge is 0.167 e. The third kappa shape index (κ3) is 4.39. The molecule has 5 nitrogen and oxygen atoms in total. The van der Waals surface area contributed by atoms with Gasteiger partial charge in [0.1, 0.15) is 22.3 Å². The zero-order valence-corrected chi connectivity index (χ0v) is 27.7. The lowest BCUT2D eigenvalue weighted by atomic mass is 9.93. The molecular formula is C47H27N3O2. The minimum atomic E-state index is 0.527. The average molecular weight is 666 g/mol. The van der Waals surface area contributed by atoms with Crippen LogP contribution < -0.4 is 0 Å². The molecule has 8 aromatic carbocycles. The summed E-state index contributed by atoms with van der Waals surface area (Å²) in [6.45, 7) is 0. The van der Waals surface area contributed by atoms with E-state index in [4.69, 9.17) is 23.8 Å². The Morgan fingerprint density at radius 2 is 0.808 bits per heavy atom. The third-order valence-corrected chi connectivity index (χ3v) is 10.1. The number of aromatic nitrogens is 3. The van der Waals surface area contributed by atoms with Gasteiger partial charge in [-0.1, -0.05) is 133 Å². The first-order valence-electron chi connectivity index (χ1n) is 17.4. The van der Waals surface area contributed by atoms with Crippen LogP contribution in [0.25, 0.3) is 111 Å². The molecule has 11 aromatic rings. The van der Waals surface area contributed by atoms with Crippen LogP contribution in [0.2, 0.25) is 0 Å². The van der Waals surface area contributed by atoms with Crippen molar-refractivity contribution in [3.05, 3.63) is 164 Å². The van der Waals surface area contributed by atoms with E-state index in [1.165, 1.54) is 21.5 Å². The molecule has 52 heavy (non-hydrogen) atoms. The molecule has 0 unspecified atom stereocenters. The largest absolute Gasteiger partial charge is 0.455 e. The molecule has 0 radical (unpaired) electrons. The zero-order valence-electron chi connectivity index (χ0n) is 27.7. The van der Waals surface area contributed by atoms with E-state index >= 15 is 0 Å². The first-order chi connectivity index (χ1) is 25.8. The van der Waals surface area contributed by atoms with Crippen LogP contribution in [-0.4, -0.2) is 15.0 Å². The molecule has 0 aliphatic rings. The molecule has 11 rings (SSSR count). The van der Waals surface area contributed by atoms with Crippen LogP contribution in [0.15, 0.2) is 173 Å². The summed E-state index contributed by atoms with van der Waals surface area (Å²) in [5.74, 6) is 1.62. The molecule has 0 saturated carbocycles. The average Bonchev–Trinajstić information content (AvgIpc) is 3.79. The van der Waals surface area contributed by atoms with E-state index in [1.54, 1.807) is 0 Å². The van der Waals surface area contributed by atoms with Crippen molar-refractivity contribution in [1.82, 2.24) is 15.0 Å². The lowest BCUT2D eigenvalue weighted by molar-refractivity contribution is 0.669. The first-order valence-corrected chi connectivity index (χ1v) is 17.4. The van der Waals surface area contributed by atoms with Crippen LogP contribution in [0.1, 0.15) is 0 Å². The maximum absolute atomic E-state index is 6.47. The Morgan fingerprint density at radius 3 is 1.50 bits per heavy atom. The number of fused-ring (bicyclic) bond motifs is 9. The van der Waals surface area contributed by atoms with E-state index in [1.807, 2.05) is 60.7 Å². The zero-order chi connectivity index (χ0) is 34.2.